The summed E-state index contributed by atoms with van der Waals surface area (Å²) in [5.41, 5.74) is -1.41. The normalized spacial score (nSPS) is 17.1. The molecule has 1 aromatic heterocycles. The molecule has 0 bridgehead atoms. The molecule has 0 saturated carbocycles. The molecule has 1 heterocycles. The Balaban J connectivity index is 1.88. The highest BCUT2D eigenvalue weighted by atomic mass is 16.5. The van der Waals surface area contributed by atoms with Gasteiger partial charge in [-0.2, -0.15) is 0 Å². The van der Waals surface area contributed by atoms with E-state index in [1.54, 1.807) is 0 Å². The van der Waals surface area contributed by atoms with Gasteiger partial charge in [-0.1, -0.05) is 12.2 Å². The van der Waals surface area contributed by atoms with E-state index in [0.29, 0.717) is 5.39 Å². The van der Waals surface area contributed by atoms with E-state index in [4.69, 9.17) is 9.15 Å². The lowest BCUT2D eigenvalue weighted by atomic mass is 9.96. The van der Waals surface area contributed by atoms with Crippen molar-refractivity contribution in [3.8, 4) is 5.75 Å². The Morgan fingerprint density at radius 1 is 1.26 bits per heavy atom. The first-order valence-corrected chi connectivity index (χ1v) is 7.22. The molecule has 1 atom stereocenters. The zero-order chi connectivity index (χ0) is 16.4. The van der Waals surface area contributed by atoms with Gasteiger partial charge in [0.15, 0.2) is 0 Å². The fraction of sp³-hybridized carbons (Fsp3) is 0.235. The highest BCUT2D eigenvalue weighted by Gasteiger charge is 2.19. The van der Waals surface area contributed by atoms with E-state index in [1.807, 2.05) is 12.2 Å². The number of carbonyl (C=O) groups is 2. The molecular formula is C17H13O6-. The first-order chi connectivity index (χ1) is 11.0. The van der Waals surface area contributed by atoms with Crippen LogP contribution in [0.3, 0.4) is 0 Å². The van der Waals surface area contributed by atoms with Gasteiger partial charge in [-0.05, 0) is 37.5 Å². The summed E-state index contributed by atoms with van der Waals surface area (Å²) in [5, 5.41) is 11.2. The number of carboxylic acids is 1. The summed E-state index contributed by atoms with van der Waals surface area (Å²) in [6.07, 6.45) is 6.43. The maximum Gasteiger partial charge on any atom is 0.345 e. The first-order valence-electron chi connectivity index (χ1n) is 7.22. The smallest absolute Gasteiger partial charge is 0.345 e. The Morgan fingerprint density at radius 2 is 2.09 bits per heavy atom. The molecule has 3 rings (SSSR count). The Bertz CT molecular complexity index is 861. The number of hydrogen-bond acceptors (Lipinski definition) is 6. The predicted molar refractivity (Wildman–Crippen MR) is 78.9 cm³/mol. The van der Waals surface area contributed by atoms with Crippen LogP contribution in [-0.4, -0.2) is 11.9 Å². The van der Waals surface area contributed by atoms with Crippen LogP contribution in [0, 0.1) is 5.92 Å². The van der Waals surface area contributed by atoms with Gasteiger partial charge < -0.3 is 19.1 Å². The van der Waals surface area contributed by atoms with Crippen LogP contribution in [0.2, 0.25) is 0 Å². The van der Waals surface area contributed by atoms with Gasteiger partial charge in [0.25, 0.3) is 0 Å². The third kappa shape index (κ3) is 3.15. The molecule has 0 spiro atoms. The van der Waals surface area contributed by atoms with Crippen molar-refractivity contribution in [3.05, 3.63) is 52.4 Å². The second kappa shape index (κ2) is 6.08. The van der Waals surface area contributed by atoms with Crippen molar-refractivity contribution < 1.29 is 23.8 Å². The Morgan fingerprint density at radius 3 is 2.78 bits per heavy atom. The van der Waals surface area contributed by atoms with Crippen molar-refractivity contribution in [2.75, 3.05) is 0 Å². The first kappa shape index (κ1) is 15.0. The van der Waals surface area contributed by atoms with Crippen molar-refractivity contribution >= 4 is 22.9 Å². The van der Waals surface area contributed by atoms with Crippen LogP contribution in [0.25, 0.3) is 11.0 Å². The summed E-state index contributed by atoms with van der Waals surface area (Å²) < 4.78 is 10.2. The van der Waals surface area contributed by atoms with E-state index in [0.717, 1.165) is 19.3 Å². The van der Waals surface area contributed by atoms with Crippen LogP contribution >= 0.6 is 0 Å². The molecule has 0 N–H and O–H groups in total. The molecule has 6 heteroatoms. The van der Waals surface area contributed by atoms with Crippen molar-refractivity contribution in [1.29, 1.82) is 0 Å². The number of benzene rings is 1. The molecule has 1 unspecified atom stereocenters. The lowest BCUT2D eigenvalue weighted by Gasteiger charge is -2.15. The molecule has 118 valence electrons. The third-order valence-electron chi connectivity index (χ3n) is 3.70. The van der Waals surface area contributed by atoms with E-state index in [-0.39, 0.29) is 23.2 Å². The van der Waals surface area contributed by atoms with E-state index < -0.39 is 17.2 Å². The summed E-state index contributed by atoms with van der Waals surface area (Å²) >= 11 is 0. The molecule has 0 aliphatic heterocycles. The van der Waals surface area contributed by atoms with Gasteiger partial charge in [-0.15, -0.1) is 0 Å². The van der Waals surface area contributed by atoms with E-state index in [1.165, 1.54) is 24.3 Å². The molecule has 2 aromatic rings. The second-order valence-corrected chi connectivity index (χ2v) is 5.32. The molecule has 0 radical (unpaired) electrons. The largest absolute Gasteiger partial charge is 0.545 e. The van der Waals surface area contributed by atoms with Crippen molar-refractivity contribution in [2.45, 2.75) is 19.3 Å². The Labute approximate surface area is 131 Å². The third-order valence-corrected chi connectivity index (χ3v) is 3.70. The van der Waals surface area contributed by atoms with E-state index >= 15 is 0 Å². The number of rotatable bonds is 3. The standard InChI is InChI=1S/C17H14O6/c18-15(19)13-8-11-6-7-12(9-14(11)23-17(13)21)22-16(20)10-4-2-1-3-5-10/h2,4,6-10H,1,3,5H2,(H,18,19)/p-1. The molecule has 23 heavy (non-hydrogen) atoms. The zero-order valence-corrected chi connectivity index (χ0v) is 12.1. The molecule has 0 saturated heterocycles. The van der Waals surface area contributed by atoms with Crippen LogP contribution in [0.4, 0.5) is 0 Å². The maximum absolute atomic E-state index is 12.1. The summed E-state index contributed by atoms with van der Waals surface area (Å²) in [6.45, 7) is 0. The number of allylic oxidation sites excluding steroid dienone is 1. The molecule has 1 aliphatic carbocycles. The molecule has 0 fully saturated rings. The summed E-state index contributed by atoms with van der Waals surface area (Å²) in [7, 11) is 0. The monoisotopic (exact) mass is 313 g/mol. The number of fused-ring (bicyclic) bond motifs is 1. The maximum atomic E-state index is 12.1. The molecule has 6 nitrogen and oxygen atoms in total. The van der Waals surface area contributed by atoms with Crippen LogP contribution < -0.4 is 15.5 Å². The number of esters is 1. The lowest BCUT2D eigenvalue weighted by Crippen LogP contribution is -2.28. The van der Waals surface area contributed by atoms with Gasteiger partial charge in [-0.25, -0.2) is 4.79 Å². The summed E-state index contributed by atoms with van der Waals surface area (Å²) in [5.74, 6) is -1.99. The Hall–Kier alpha value is -2.89. The van der Waals surface area contributed by atoms with Crippen LogP contribution in [0.1, 0.15) is 29.6 Å². The summed E-state index contributed by atoms with van der Waals surface area (Å²) in [4.78, 5) is 34.4. The molecule has 0 amide bonds. The van der Waals surface area contributed by atoms with Gasteiger partial charge in [-0.3, -0.25) is 4.79 Å². The lowest BCUT2D eigenvalue weighted by molar-refractivity contribution is -0.255. The second-order valence-electron chi connectivity index (χ2n) is 5.32. The number of ether oxygens (including phenoxy) is 1. The van der Waals surface area contributed by atoms with Crippen LogP contribution in [0.15, 0.2) is 45.6 Å². The van der Waals surface area contributed by atoms with Gasteiger partial charge in [0.05, 0.1) is 17.5 Å². The highest BCUT2D eigenvalue weighted by molar-refractivity contribution is 5.90. The minimum atomic E-state index is -1.60. The fourth-order valence-electron chi connectivity index (χ4n) is 2.50. The van der Waals surface area contributed by atoms with Gasteiger partial charge in [0.2, 0.25) is 0 Å². The predicted octanol–water partition coefficient (Wildman–Crippen LogP) is 1.42. The van der Waals surface area contributed by atoms with Crippen molar-refractivity contribution in [3.63, 3.8) is 0 Å². The summed E-state index contributed by atoms with van der Waals surface area (Å²) in [6, 6.07) is 5.60. The SMILES string of the molecule is O=C([O-])c1cc2ccc(OC(=O)C3C=CCCC3)cc2oc1=O. The number of hydrogen-bond donors (Lipinski definition) is 0. The van der Waals surface area contributed by atoms with Crippen LogP contribution in [0.5, 0.6) is 5.75 Å². The van der Waals surface area contributed by atoms with Crippen molar-refractivity contribution in [2.24, 2.45) is 5.92 Å². The van der Waals surface area contributed by atoms with Gasteiger partial charge in [0.1, 0.15) is 11.3 Å². The topological polar surface area (TPSA) is 96.6 Å². The number of carboxylic acid groups (broad SMARTS) is 1. The number of carbonyl (C=O) groups excluding carboxylic acids is 2. The number of aromatic carboxylic acids is 1. The zero-order valence-electron chi connectivity index (χ0n) is 12.1. The average molecular weight is 313 g/mol. The Kier molecular flexibility index (Phi) is 3.97. The minimum Gasteiger partial charge on any atom is -0.545 e. The highest BCUT2D eigenvalue weighted by Crippen LogP contribution is 2.23. The average Bonchev–Trinajstić information content (AvgIpc) is 2.54. The van der Waals surface area contributed by atoms with Gasteiger partial charge in [0, 0.05) is 11.5 Å². The van der Waals surface area contributed by atoms with E-state index in [2.05, 4.69) is 0 Å². The minimum absolute atomic E-state index is 0.143. The molecule has 1 aliphatic rings. The van der Waals surface area contributed by atoms with Gasteiger partial charge >= 0.3 is 11.6 Å². The van der Waals surface area contributed by atoms with Crippen LogP contribution in [-0.2, 0) is 4.79 Å². The van der Waals surface area contributed by atoms with Crippen molar-refractivity contribution in [1.82, 2.24) is 0 Å². The van der Waals surface area contributed by atoms with E-state index in [9.17, 15) is 19.5 Å². The molecular weight excluding hydrogens is 300 g/mol. The fourth-order valence-corrected chi connectivity index (χ4v) is 2.50. The quantitative estimate of drug-likeness (QED) is 0.368. The molecule has 1 aromatic carbocycles.